The smallest absolute Gasteiger partial charge is 0.305 e. The fourth-order valence-corrected chi connectivity index (χ4v) is 15.8. The molecule has 4 aromatic heterocycles. The summed E-state index contributed by atoms with van der Waals surface area (Å²) in [5.41, 5.74) is 30.5. The molecule has 0 fully saturated rings. The predicted octanol–water partition coefficient (Wildman–Crippen LogP) is 23.6. The highest BCUT2D eigenvalue weighted by Crippen LogP contribution is 2.28. The van der Waals surface area contributed by atoms with Crippen molar-refractivity contribution in [3.05, 3.63) is 333 Å². The molecule has 0 aliphatic carbocycles. The van der Waals surface area contributed by atoms with Gasteiger partial charge in [-0.2, -0.15) is 0 Å². The van der Waals surface area contributed by atoms with Crippen molar-refractivity contribution in [2.75, 3.05) is 35.8 Å². The highest BCUT2D eigenvalue weighted by molar-refractivity contribution is 7.18. The van der Waals surface area contributed by atoms with Gasteiger partial charge in [0.2, 0.25) is 11.8 Å². The number of nitrogens with one attached hydrogen (secondary N) is 6. The van der Waals surface area contributed by atoms with Gasteiger partial charge in [-0.25, -0.2) is 15.0 Å². The SMILES string of the molecule is CC/C=C\C/C=C\C/C=C\C/C=C\C/C=C\C/C=C\CC(=O)NC(N)c1ccc(NCc2nc3cc(C(=O)CCCC(=O)OCC)ccc3n2C)cc1.CC/C=C\C/C=C\C/C=C\C/C=C\C/C=C\CCCC(=O)NC(N)c1ccc(NCc2nc3cc(C(=O)CCCC(=O)OCC)ccc3n2C)cc1.CCOC(=O)CCCC(=O)c1ccc2c(c1)nc(CNc1ccc(C(N)NC(=O)c3ccc(Cl)s3)cc1)n2C. The number of unbranched alkanes of at least 4 members (excludes halogenated alkanes) is 1. The van der Waals surface area contributed by atoms with Gasteiger partial charge in [0.25, 0.3) is 5.91 Å². The number of ketones is 3. The normalized spacial score (nSPS) is 12.4. The second kappa shape index (κ2) is 65.9. The van der Waals surface area contributed by atoms with E-state index in [-0.39, 0.29) is 97.9 Å². The number of hydrogen-bond acceptors (Lipinski definition) is 22. The van der Waals surface area contributed by atoms with Gasteiger partial charge in [-0.15, -0.1) is 11.3 Å². The maximum atomic E-state index is 12.7. The van der Waals surface area contributed by atoms with E-state index in [4.69, 9.17) is 58.0 Å². The molecule has 29 heteroatoms. The molecule has 6 aromatic carbocycles. The Morgan fingerprint density at radius 3 is 0.951 bits per heavy atom. The lowest BCUT2D eigenvalue weighted by molar-refractivity contribution is -0.144. The number of nitrogens with two attached hydrogens (primary N) is 3. The van der Waals surface area contributed by atoms with E-state index in [1.807, 2.05) is 138 Å². The van der Waals surface area contributed by atoms with Crippen molar-refractivity contribution in [2.45, 2.75) is 227 Å². The summed E-state index contributed by atoms with van der Waals surface area (Å²) in [6.07, 6.45) is 61.3. The molecule has 764 valence electrons. The number of imidazole rings is 3. The molecular formula is C115H144ClN15O12S. The second-order valence-electron chi connectivity index (χ2n) is 33.9. The lowest BCUT2D eigenvalue weighted by Crippen LogP contribution is -2.33. The highest BCUT2D eigenvalue weighted by atomic mass is 35.5. The number of ether oxygens (including phenoxy) is 3. The minimum absolute atomic E-state index is 0.0210. The number of hydrogen-bond donors (Lipinski definition) is 9. The van der Waals surface area contributed by atoms with Crippen LogP contribution in [0, 0.1) is 0 Å². The summed E-state index contributed by atoms with van der Waals surface area (Å²) >= 11 is 7.10. The Bertz CT molecular complexity index is 6110. The fourth-order valence-electron chi connectivity index (χ4n) is 14.9. The summed E-state index contributed by atoms with van der Waals surface area (Å²) < 4.78 is 21.3. The zero-order chi connectivity index (χ0) is 103. The average Bonchev–Trinajstić information content (AvgIpc) is 1.66. The van der Waals surface area contributed by atoms with Gasteiger partial charge in [-0.3, -0.25) is 43.2 Å². The number of fused-ring (bicyclic) bond motifs is 3. The molecule has 10 rings (SSSR count). The van der Waals surface area contributed by atoms with Gasteiger partial charge in [0.15, 0.2) is 17.3 Å². The number of nitrogens with zero attached hydrogens (tertiary/aromatic N) is 6. The Morgan fingerprint density at radius 1 is 0.347 bits per heavy atom. The minimum atomic E-state index is -0.658. The van der Waals surface area contributed by atoms with Gasteiger partial charge in [0, 0.05) is 106 Å². The monoisotopic (exact) mass is 1990 g/mol. The minimum Gasteiger partial charge on any atom is -0.466 e. The molecule has 0 radical (unpaired) electrons. The van der Waals surface area contributed by atoms with Crippen molar-refractivity contribution in [1.29, 1.82) is 0 Å². The maximum absolute atomic E-state index is 12.7. The quantitative estimate of drug-likeness (QED) is 0.00427. The topological polar surface area (TPSA) is 385 Å². The number of aromatic nitrogens is 6. The predicted molar refractivity (Wildman–Crippen MR) is 583 cm³/mol. The molecule has 0 aliphatic heterocycles. The summed E-state index contributed by atoms with van der Waals surface area (Å²) in [6, 6.07) is 42.6. The van der Waals surface area contributed by atoms with E-state index in [1.165, 1.54) is 11.3 Å². The van der Waals surface area contributed by atoms with E-state index in [0.717, 1.165) is 168 Å². The molecule has 0 saturated heterocycles. The third-order valence-electron chi connectivity index (χ3n) is 22.9. The number of aryl methyl sites for hydroxylation is 3. The van der Waals surface area contributed by atoms with Gasteiger partial charge in [-0.1, -0.05) is 196 Å². The van der Waals surface area contributed by atoms with Crippen LogP contribution in [0.3, 0.4) is 0 Å². The van der Waals surface area contributed by atoms with Crippen molar-refractivity contribution in [1.82, 2.24) is 44.6 Å². The van der Waals surface area contributed by atoms with Crippen molar-refractivity contribution in [2.24, 2.45) is 38.3 Å². The molecule has 0 saturated carbocycles. The van der Waals surface area contributed by atoms with Gasteiger partial charge in [-0.05, 0) is 243 Å². The van der Waals surface area contributed by atoms with E-state index >= 15 is 0 Å². The van der Waals surface area contributed by atoms with Crippen LogP contribution in [-0.2, 0) is 79.0 Å². The zero-order valence-corrected chi connectivity index (χ0v) is 86.1. The molecule has 0 aliphatic rings. The highest BCUT2D eigenvalue weighted by Gasteiger charge is 2.21. The van der Waals surface area contributed by atoms with E-state index in [9.17, 15) is 43.2 Å². The summed E-state index contributed by atoms with van der Waals surface area (Å²) in [5.74, 6) is 1.04. The number of halogens is 1. The van der Waals surface area contributed by atoms with Crippen molar-refractivity contribution < 1.29 is 57.4 Å². The molecule has 3 unspecified atom stereocenters. The van der Waals surface area contributed by atoms with E-state index in [0.29, 0.717) is 91.0 Å². The largest absolute Gasteiger partial charge is 0.466 e. The molecular weight excluding hydrogens is 1850 g/mol. The Kier molecular flexibility index (Phi) is 52.8. The van der Waals surface area contributed by atoms with Crippen LogP contribution in [0.2, 0.25) is 4.34 Å². The molecule has 0 bridgehead atoms. The number of benzene rings is 6. The van der Waals surface area contributed by atoms with Crippen LogP contribution in [0.4, 0.5) is 17.1 Å². The van der Waals surface area contributed by atoms with Crippen LogP contribution < -0.4 is 49.1 Å². The summed E-state index contributed by atoms with van der Waals surface area (Å²) in [4.78, 5) is 125. The number of amides is 3. The van der Waals surface area contributed by atoms with Crippen LogP contribution in [-0.4, -0.2) is 101 Å². The molecule has 3 atom stereocenters. The second-order valence-corrected chi connectivity index (χ2v) is 35.6. The van der Waals surface area contributed by atoms with Crippen LogP contribution in [0.15, 0.2) is 273 Å². The lowest BCUT2D eigenvalue weighted by Gasteiger charge is -2.15. The first-order valence-corrected chi connectivity index (χ1v) is 51.1. The molecule has 27 nitrogen and oxygen atoms in total. The standard InChI is InChI=1S/C44H57N5O4.C43H57N5O4.C28H30ClN5O4S/c1-4-6-7-8-9-10-11-12-13-14-15-16-17-18-19-20-21-22-25-42(51)48-44(45)35-27-30-37(31-28-35)46-34-41-47-38-33-36(29-32-39(38)49(41)3)40(50)24-23-26-43(52)53-5-2;1-4-6-7-8-9-10-11-12-13-14-15-16-17-18-19-20-21-24-41(50)47-43(44)34-26-29-36(30-27-34)45-33-40-46-37-32-35(28-31-38(37)48(40)3)39(49)23-22-25-42(51)52-5-2;1-3-38-26(36)6-4-5-22(35)18-9-12-21-20(15-18)32-25(34(21)2)16-31-19-10-7-17(8-11-19)27(30)33-28(37)23-13-14-24(29)39-23/h6-7,9-10,12-13,15-16,18-19,21-22,27-33,44,46H,4-5,8,11,14,17,20,23-26,34,45H2,1-3H3,(H,48,51);6-7,9-10,12-13,15-16,18-19,26-32,43,45H,4-5,8,11,14,17,20-25,33,44H2,1-3H3,(H,47,50);7-15,27,31H,3-6,16,30H2,1-2H3,(H,33,37)/b7-6-,10-9-,13-12-,16-15-,19-18-,22-21-;7-6-,10-9-,13-12-,16-15-,19-18-;. The third-order valence-corrected chi connectivity index (χ3v) is 24.1. The number of anilines is 3. The Labute approximate surface area is 856 Å². The first kappa shape index (κ1) is 115. The number of rotatable bonds is 60. The van der Waals surface area contributed by atoms with Gasteiger partial charge >= 0.3 is 17.9 Å². The van der Waals surface area contributed by atoms with Crippen LogP contribution in [0.5, 0.6) is 0 Å². The molecule has 4 heterocycles. The van der Waals surface area contributed by atoms with Gasteiger partial charge < -0.3 is 77.0 Å². The summed E-state index contributed by atoms with van der Waals surface area (Å²) in [6.45, 7) is 12.0. The molecule has 3 amide bonds. The van der Waals surface area contributed by atoms with E-state index < -0.39 is 18.5 Å². The van der Waals surface area contributed by atoms with Crippen molar-refractivity contribution in [3.63, 3.8) is 0 Å². The Hall–Kier alpha value is -14.0. The summed E-state index contributed by atoms with van der Waals surface area (Å²) in [7, 11) is 5.82. The van der Waals surface area contributed by atoms with Gasteiger partial charge in [0.1, 0.15) is 36.0 Å². The van der Waals surface area contributed by atoms with Crippen LogP contribution >= 0.6 is 22.9 Å². The summed E-state index contributed by atoms with van der Waals surface area (Å²) in [5, 5.41) is 18.6. The maximum Gasteiger partial charge on any atom is 0.305 e. The number of carbonyl (C=O) groups is 9. The molecule has 12 N–H and O–H groups in total. The molecule has 0 spiro atoms. The lowest BCUT2D eigenvalue weighted by atomic mass is 10.0. The molecule has 144 heavy (non-hydrogen) atoms. The Morgan fingerprint density at radius 2 is 0.646 bits per heavy atom. The number of thiophene rings is 1. The van der Waals surface area contributed by atoms with Crippen LogP contribution in [0.1, 0.15) is 282 Å². The average molecular weight is 2000 g/mol. The zero-order valence-electron chi connectivity index (χ0n) is 84.5. The number of esters is 3. The van der Waals surface area contributed by atoms with Crippen LogP contribution in [0.25, 0.3) is 33.1 Å². The number of carbonyl (C=O) groups excluding carboxylic acids is 9. The van der Waals surface area contributed by atoms with Crippen molar-refractivity contribution in [3.8, 4) is 0 Å². The fraction of sp³-hybridized carbons (Fsp3) is 0.357. The van der Waals surface area contributed by atoms with Crippen molar-refractivity contribution >= 4 is 126 Å². The third kappa shape index (κ3) is 42.3. The molecule has 10 aromatic rings. The van der Waals surface area contributed by atoms with E-state index in [1.54, 1.807) is 69.3 Å². The first-order valence-electron chi connectivity index (χ1n) is 49.9. The number of Topliss-reactive ketones (excluding diaryl/α,β-unsaturated/α-hetero) is 3. The van der Waals surface area contributed by atoms with Gasteiger partial charge in [0.05, 0.1) is 81.8 Å². The first-order chi connectivity index (χ1) is 69.9. The Balaban J connectivity index is 0.000000267. The van der Waals surface area contributed by atoms with E-state index in [2.05, 4.69) is 167 Å². The number of allylic oxidation sites excluding steroid dienone is 21.